The second-order valence-corrected chi connectivity index (χ2v) is 6.48. The SMILES string of the molecule is Nc1cc(C(=O)NC2C3C4CCC(C4)C23)cc(Cl)n1. The molecule has 0 radical (unpaired) electrons. The fraction of sp³-hybridized carbons (Fsp3) is 0.571. The molecule has 5 heteroatoms. The topological polar surface area (TPSA) is 68.0 Å². The van der Waals surface area contributed by atoms with E-state index < -0.39 is 0 Å². The lowest BCUT2D eigenvalue weighted by molar-refractivity contribution is 0.0944. The molecule has 4 unspecified atom stereocenters. The molecule has 4 nitrogen and oxygen atoms in total. The average Bonchev–Trinajstić information content (AvgIpc) is 2.76. The molecule has 100 valence electrons. The van der Waals surface area contributed by atoms with Gasteiger partial charge in [-0.15, -0.1) is 0 Å². The Labute approximate surface area is 116 Å². The number of hydrogen-bond acceptors (Lipinski definition) is 3. The lowest BCUT2D eigenvalue weighted by Crippen LogP contribution is -2.30. The first-order valence-corrected chi connectivity index (χ1v) is 7.25. The number of nitrogens with one attached hydrogen (secondary N) is 1. The van der Waals surface area contributed by atoms with E-state index in [-0.39, 0.29) is 16.9 Å². The molecule has 3 N–H and O–H groups in total. The molecule has 0 saturated heterocycles. The first-order valence-electron chi connectivity index (χ1n) is 6.87. The monoisotopic (exact) mass is 277 g/mol. The van der Waals surface area contributed by atoms with Crippen LogP contribution in [0.2, 0.25) is 5.15 Å². The highest BCUT2D eigenvalue weighted by Gasteiger charge is 2.65. The summed E-state index contributed by atoms with van der Waals surface area (Å²) in [5.41, 5.74) is 6.12. The number of halogens is 1. The highest BCUT2D eigenvalue weighted by Crippen LogP contribution is 2.65. The maximum atomic E-state index is 12.2. The molecule has 0 aliphatic heterocycles. The molecule has 4 rings (SSSR count). The number of nitrogens with two attached hydrogens (primary N) is 1. The molecule has 4 atom stereocenters. The minimum atomic E-state index is -0.0743. The summed E-state index contributed by atoms with van der Waals surface area (Å²) in [4.78, 5) is 16.1. The number of rotatable bonds is 2. The Morgan fingerprint density at radius 3 is 2.63 bits per heavy atom. The average molecular weight is 278 g/mol. The zero-order valence-electron chi connectivity index (χ0n) is 10.5. The van der Waals surface area contributed by atoms with Gasteiger partial charge in [0.15, 0.2) is 0 Å². The van der Waals surface area contributed by atoms with Crippen LogP contribution in [-0.2, 0) is 0 Å². The fourth-order valence-electron chi connectivity index (χ4n) is 4.40. The third-order valence-corrected chi connectivity index (χ3v) is 5.30. The van der Waals surface area contributed by atoms with Gasteiger partial charge >= 0.3 is 0 Å². The van der Waals surface area contributed by atoms with Crippen molar-refractivity contribution in [2.75, 3.05) is 5.73 Å². The van der Waals surface area contributed by atoms with Gasteiger partial charge in [0.2, 0.25) is 0 Å². The molecule has 3 saturated carbocycles. The Kier molecular flexibility index (Phi) is 2.34. The van der Waals surface area contributed by atoms with Crippen LogP contribution in [0, 0.1) is 23.7 Å². The van der Waals surface area contributed by atoms with Gasteiger partial charge in [0.1, 0.15) is 11.0 Å². The highest BCUT2D eigenvalue weighted by molar-refractivity contribution is 6.29. The van der Waals surface area contributed by atoms with Crippen LogP contribution < -0.4 is 11.1 Å². The largest absolute Gasteiger partial charge is 0.384 e. The Morgan fingerprint density at radius 1 is 1.32 bits per heavy atom. The maximum absolute atomic E-state index is 12.2. The van der Waals surface area contributed by atoms with Crippen LogP contribution in [0.4, 0.5) is 5.82 Å². The minimum Gasteiger partial charge on any atom is -0.384 e. The van der Waals surface area contributed by atoms with Gasteiger partial charge in [-0.25, -0.2) is 4.98 Å². The lowest BCUT2D eigenvalue weighted by atomic mass is 10.0. The van der Waals surface area contributed by atoms with Gasteiger partial charge in [0.25, 0.3) is 5.91 Å². The van der Waals surface area contributed by atoms with Crippen LogP contribution in [0.25, 0.3) is 0 Å². The maximum Gasteiger partial charge on any atom is 0.251 e. The molecule has 1 aromatic rings. The standard InChI is InChI=1S/C14H16ClN3O/c15-9-4-8(5-10(16)17-9)14(19)18-13-11-6-1-2-7(3-6)12(11)13/h4-7,11-13H,1-3H2,(H2,16,17)(H,18,19). The molecular formula is C14H16ClN3O. The highest BCUT2D eigenvalue weighted by atomic mass is 35.5. The predicted molar refractivity (Wildman–Crippen MR) is 72.7 cm³/mol. The number of hydrogen-bond donors (Lipinski definition) is 2. The quantitative estimate of drug-likeness (QED) is 0.814. The van der Waals surface area contributed by atoms with E-state index in [1.807, 2.05) is 0 Å². The summed E-state index contributed by atoms with van der Waals surface area (Å²) in [6.07, 6.45) is 4.09. The summed E-state index contributed by atoms with van der Waals surface area (Å²) < 4.78 is 0. The van der Waals surface area contributed by atoms with Crippen LogP contribution in [0.5, 0.6) is 0 Å². The van der Waals surface area contributed by atoms with Crippen molar-refractivity contribution in [2.24, 2.45) is 23.7 Å². The van der Waals surface area contributed by atoms with E-state index >= 15 is 0 Å². The summed E-state index contributed by atoms with van der Waals surface area (Å²) in [6.45, 7) is 0. The summed E-state index contributed by atoms with van der Waals surface area (Å²) in [7, 11) is 0. The molecule has 3 fully saturated rings. The fourth-order valence-corrected chi connectivity index (χ4v) is 4.62. The Balaban J connectivity index is 1.48. The van der Waals surface area contributed by atoms with Gasteiger partial charge in [0.05, 0.1) is 0 Å². The summed E-state index contributed by atoms with van der Waals surface area (Å²) >= 11 is 5.83. The normalized spacial score (nSPS) is 38.1. The van der Waals surface area contributed by atoms with Crippen molar-refractivity contribution in [2.45, 2.75) is 25.3 Å². The van der Waals surface area contributed by atoms with Crippen molar-refractivity contribution in [3.63, 3.8) is 0 Å². The van der Waals surface area contributed by atoms with Gasteiger partial charge in [-0.3, -0.25) is 4.79 Å². The molecule has 1 heterocycles. The van der Waals surface area contributed by atoms with Crippen molar-refractivity contribution >= 4 is 23.3 Å². The van der Waals surface area contributed by atoms with Gasteiger partial charge in [-0.2, -0.15) is 0 Å². The van der Waals surface area contributed by atoms with Gasteiger partial charge < -0.3 is 11.1 Å². The van der Waals surface area contributed by atoms with Gasteiger partial charge in [0, 0.05) is 11.6 Å². The molecule has 3 aliphatic carbocycles. The number of anilines is 1. The van der Waals surface area contributed by atoms with Crippen LogP contribution in [-0.4, -0.2) is 16.9 Å². The molecule has 2 bridgehead atoms. The number of pyridine rings is 1. The second kappa shape index (κ2) is 3.85. The number of aromatic nitrogens is 1. The summed E-state index contributed by atoms with van der Waals surface area (Å²) in [5, 5.41) is 3.41. The van der Waals surface area contributed by atoms with Crippen LogP contribution in [0.3, 0.4) is 0 Å². The molecule has 3 aliphatic rings. The van der Waals surface area contributed by atoms with E-state index in [1.165, 1.54) is 19.3 Å². The predicted octanol–water partition coefficient (Wildman–Crippen LogP) is 2.09. The lowest BCUT2D eigenvalue weighted by Gasteiger charge is -2.11. The van der Waals surface area contributed by atoms with E-state index in [1.54, 1.807) is 12.1 Å². The number of nitrogen functional groups attached to an aromatic ring is 1. The first-order chi connectivity index (χ1) is 9.13. The molecule has 1 aromatic heterocycles. The zero-order valence-corrected chi connectivity index (χ0v) is 11.2. The molecular weight excluding hydrogens is 262 g/mol. The number of carbonyl (C=O) groups excluding carboxylic acids is 1. The Hall–Kier alpha value is -1.29. The van der Waals surface area contributed by atoms with Crippen molar-refractivity contribution < 1.29 is 4.79 Å². The third-order valence-electron chi connectivity index (χ3n) is 5.11. The Bertz CT molecular complexity index is 525. The van der Waals surface area contributed by atoms with Crippen molar-refractivity contribution in [3.8, 4) is 0 Å². The van der Waals surface area contributed by atoms with E-state index in [0.717, 1.165) is 23.7 Å². The number of nitrogens with zero attached hydrogens (tertiary/aromatic N) is 1. The van der Waals surface area contributed by atoms with Gasteiger partial charge in [-0.05, 0) is 55.1 Å². The summed E-state index contributed by atoms with van der Waals surface area (Å²) in [5.74, 6) is 3.39. The number of carbonyl (C=O) groups is 1. The first kappa shape index (κ1) is 11.5. The molecule has 1 amide bonds. The summed E-state index contributed by atoms with van der Waals surface area (Å²) in [6, 6.07) is 3.53. The van der Waals surface area contributed by atoms with Gasteiger partial charge in [-0.1, -0.05) is 11.6 Å². The van der Waals surface area contributed by atoms with Crippen molar-refractivity contribution in [1.29, 1.82) is 0 Å². The van der Waals surface area contributed by atoms with Crippen LogP contribution in [0.15, 0.2) is 12.1 Å². The van der Waals surface area contributed by atoms with Crippen molar-refractivity contribution in [3.05, 3.63) is 22.8 Å². The number of amides is 1. The molecule has 19 heavy (non-hydrogen) atoms. The van der Waals surface area contributed by atoms with Crippen LogP contribution >= 0.6 is 11.6 Å². The van der Waals surface area contributed by atoms with E-state index in [9.17, 15) is 4.79 Å². The van der Waals surface area contributed by atoms with E-state index in [0.29, 0.717) is 11.6 Å². The minimum absolute atomic E-state index is 0.0743. The molecule has 0 spiro atoms. The Morgan fingerprint density at radius 2 is 2.00 bits per heavy atom. The third kappa shape index (κ3) is 1.73. The smallest absolute Gasteiger partial charge is 0.251 e. The van der Waals surface area contributed by atoms with Crippen molar-refractivity contribution in [1.82, 2.24) is 10.3 Å². The zero-order chi connectivity index (χ0) is 13.1. The molecule has 0 aromatic carbocycles. The van der Waals surface area contributed by atoms with Crippen LogP contribution in [0.1, 0.15) is 29.6 Å². The van der Waals surface area contributed by atoms with E-state index in [4.69, 9.17) is 17.3 Å². The van der Waals surface area contributed by atoms with E-state index in [2.05, 4.69) is 10.3 Å². The number of fused-ring (bicyclic) bond motifs is 5. The second-order valence-electron chi connectivity index (χ2n) is 6.09.